The molecule has 0 spiro atoms. The summed E-state index contributed by atoms with van der Waals surface area (Å²) in [6.45, 7) is 5.30. The van der Waals surface area contributed by atoms with E-state index in [-0.39, 0.29) is 0 Å². The Kier molecular flexibility index (Phi) is 5.19. The first-order valence-corrected chi connectivity index (χ1v) is 5.84. The summed E-state index contributed by atoms with van der Waals surface area (Å²) < 4.78 is 0. The van der Waals surface area contributed by atoms with E-state index in [1.54, 1.807) is 6.33 Å². The molecule has 4 heteroatoms. The number of nitrogens with one attached hydrogen (secondary N) is 1. The van der Waals surface area contributed by atoms with Crippen LogP contribution in [0, 0.1) is 0 Å². The van der Waals surface area contributed by atoms with Crippen molar-refractivity contribution in [3.8, 4) is 0 Å². The minimum absolute atomic E-state index is 0.388. The Morgan fingerprint density at radius 1 is 1.38 bits per heavy atom. The lowest BCUT2D eigenvalue weighted by Crippen LogP contribution is -2.30. The molecule has 0 aliphatic carbocycles. The highest BCUT2D eigenvalue weighted by Gasteiger charge is 2.04. The number of hydrogen-bond donors (Lipinski definition) is 1. The third kappa shape index (κ3) is 4.57. The van der Waals surface area contributed by atoms with Crippen LogP contribution in [0.2, 0.25) is 0 Å². The van der Waals surface area contributed by atoms with E-state index >= 15 is 0 Å². The fourth-order valence-electron chi connectivity index (χ4n) is 1.72. The van der Waals surface area contributed by atoms with E-state index in [1.165, 1.54) is 0 Å². The predicted molar refractivity (Wildman–Crippen MR) is 67.7 cm³/mol. The van der Waals surface area contributed by atoms with Crippen LogP contribution in [0.5, 0.6) is 0 Å². The molecule has 0 fully saturated rings. The lowest BCUT2D eigenvalue weighted by Gasteiger charge is -2.18. The molecule has 0 saturated carbocycles. The maximum atomic E-state index is 4.24. The van der Waals surface area contributed by atoms with Gasteiger partial charge in [-0.3, -0.25) is 0 Å². The number of anilines is 1. The maximum Gasteiger partial charge on any atom is 0.129 e. The first-order chi connectivity index (χ1) is 7.61. The molecular formula is C12H22N4. The highest BCUT2D eigenvalue weighted by molar-refractivity contribution is 5.35. The Balaban J connectivity index is 2.55. The second-order valence-corrected chi connectivity index (χ2v) is 4.45. The summed E-state index contributed by atoms with van der Waals surface area (Å²) >= 11 is 0. The molecule has 0 aromatic carbocycles. The molecule has 1 heterocycles. The lowest BCUT2D eigenvalue weighted by atomic mass is 10.2. The van der Waals surface area contributed by atoms with Crippen molar-refractivity contribution in [2.75, 3.05) is 26.0 Å². The molecule has 16 heavy (non-hydrogen) atoms. The molecule has 0 saturated heterocycles. The summed E-state index contributed by atoms with van der Waals surface area (Å²) in [5.74, 6) is 0.924. The van der Waals surface area contributed by atoms with Crippen molar-refractivity contribution >= 4 is 5.82 Å². The van der Waals surface area contributed by atoms with Crippen molar-refractivity contribution in [3.05, 3.63) is 18.1 Å². The van der Waals surface area contributed by atoms with Crippen LogP contribution in [-0.2, 0) is 6.42 Å². The second kappa shape index (κ2) is 6.43. The predicted octanol–water partition coefficient (Wildman–Crippen LogP) is 1.79. The van der Waals surface area contributed by atoms with Crippen molar-refractivity contribution in [3.63, 3.8) is 0 Å². The van der Waals surface area contributed by atoms with E-state index in [2.05, 4.69) is 48.1 Å². The molecule has 1 rings (SSSR count). The van der Waals surface area contributed by atoms with E-state index in [1.807, 2.05) is 6.07 Å². The maximum absolute atomic E-state index is 4.24. The van der Waals surface area contributed by atoms with Crippen LogP contribution < -0.4 is 5.32 Å². The first-order valence-electron chi connectivity index (χ1n) is 5.84. The number of likely N-dealkylation sites (N-methyl/N-ethyl adjacent to an activating group) is 1. The third-order valence-electron chi connectivity index (χ3n) is 2.26. The summed E-state index contributed by atoms with van der Waals surface area (Å²) in [4.78, 5) is 10.6. The Morgan fingerprint density at radius 2 is 2.12 bits per heavy atom. The molecule has 1 aromatic rings. The Morgan fingerprint density at radius 3 is 2.75 bits per heavy atom. The highest BCUT2D eigenvalue weighted by Crippen LogP contribution is 2.07. The summed E-state index contributed by atoms with van der Waals surface area (Å²) in [7, 11) is 4.14. The average Bonchev–Trinajstić information content (AvgIpc) is 2.17. The molecule has 4 nitrogen and oxygen atoms in total. The van der Waals surface area contributed by atoms with Crippen molar-refractivity contribution in [1.29, 1.82) is 0 Å². The van der Waals surface area contributed by atoms with E-state index in [9.17, 15) is 0 Å². The van der Waals surface area contributed by atoms with E-state index in [4.69, 9.17) is 0 Å². The van der Waals surface area contributed by atoms with Crippen LogP contribution in [-0.4, -0.2) is 41.5 Å². The minimum atomic E-state index is 0.388. The van der Waals surface area contributed by atoms with Crippen molar-refractivity contribution in [1.82, 2.24) is 14.9 Å². The largest absolute Gasteiger partial charge is 0.366 e. The number of hydrogen-bond acceptors (Lipinski definition) is 4. The first kappa shape index (κ1) is 12.9. The van der Waals surface area contributed by atoms with Crippen LogP contribution >= 0.6 is 0 Å². The number of nitrogens with zero attached hydrogens (tertiary/aromatic N) is 3. The van der Waals surface area contributed by atoms with Crippen LogP contribution in [0.25, 0.3) is 0 Å². The summed E-state index contributed by atoms with van der Waals surface area (Å²) in [6.07, 6.45) is 3.76. The number of aryl methyl sites for hydroxylation is 1. The van der Waals surface area contributed by atoms with Crippen LogP contribution in [0.1, 0.15) is 26.0 Å². The van der Waals surface area contributed by atoms with Gasteiger partial charge in [0, 0.05) is 24.3 Å². The van der Waals surface area contributed by atoms with Crippen molar-refractivity contribution in [2.45, 2.75) is 32.7 Å². The van der Waals surface area contributed by atoms with Crippen LogP contribution in [0.4, 0.5) is 5.82 Å². The van der Waals surface area contributed by atoms with E-state index in [0.29, 0.717) is 6.04 Å². The molecule has 1 aromatic heterocycles. The molecule has 0 aliphatic rings. The lowest BCUT2D eigenvalue weighted by molar-refractivity contribution is 0.392. The van der Waals surface area contributed by atoms with Gasteiger partial charge in [0.05, 0.1) is 0 Å². The number of rotatable bonds is 6. The average molecular weight is 222 g/mol. The molecule has 1 atom stereocenters. The van der Waals surface area contributed by atoms with Gasteiger partial charge in [0.2, 0.25) is 0 Å². The zero-order valence-corrected chi connectivity index (χ0v) is 10.7. The normalized spacial score (nSPS) is 12.8. The van der Waals surface area contributed by atoms with Crippen LogP contribution in [0.3, 0.4) is 0 Å². The van der Waals surface area contributed by atoms with Gasteiger partial charge in [-0.15, -0.1) is 0 Å². The zero-order chi connectivity index (χ0) is 12.0. The van der Waals surface area contributed by atoms with Gasteiger partial charge < -0.3 is 10.2 Å². The third-order valence-corrected chi connectivity index (χ3v) is 2.26. The van der Waals surface area contributed by atoms with Gasteiger partial charge in [0.15, 0.2) is 0 Å². The van der Waals surface area contributed by atoms with Crippen molar-refractivity contribution < 1.29 is 0 Å². The van der Waals surface area contributed by atoms with Crippen LogP contribution in [0.15, 0.2) is 12.4 Å². The van der Waals surface area contributed by atoms with Gasteiger partial charge in [-0.25, -0.2) is 9.97 Å². The molecular weight excluding hydrogens is 200 g/mol. The van der Waals surface area contributed by atoms with Gasteiger partial charge in [-0.1, -0.05) is 13.3 Å². The fraction of sp³-hybridized carbons (Fsp3) is 0.667. The Bertz CT molecular complexity index is 312. The molecule has 0 radical (unpaired) electrons. The standard InChI is InChI=1S/C12H22N4/c1-5-6-11-7-12(14-9-13-11)15-10(2)8-16(3)4/h7,9-10H,5-6,8H2,1-4H3,(H,13,14,15). The Hall–Kier alpha value is -1.16. The molecule has 1 N–H and O–H groups in total. The highest BCUT2D eigenvalue weighted by atomic mass is 15.1. The van der Waals surface area contributed by atoms with Gasteiger partial charge in [-0.2, -0.15) is 0 Å². The van der Waals surface area contributed by atoms with Gasteiger partial charge in [-0.05, 0) is 27.4 Å². The smallest absolute Gasteiger partial charge is 0.129 e. The van der Waals surface area contributed by atoms with Gasteiger partial charge in [0.25, 0.3) is 0 Å². The molecule has 0 amide bonds. The van der Waals surface area contributed by atoms with Gasteiger partial charge in [0.1, 0.15) is 12.1 Å². The summed E-state index contributed by atoms with van der Waals surface area (Å²) in [5.41, 5.74) is 1.11. The topological polar surface area (TPSA) is 41.0 Å². The van der Waals surface area contributed by atoms with Crippen molar-refractivity contribution in [2.24, 2.45) is 0 Å². The molecule has 0 aliphatic heterocycles. The van der Waals surface area contributed by atoms with E-state index < -0.39 is 0 Å². The molecule has 90 valence electrons. The Labute approximate surface area is 98.1 Å². The summed E-state index contributed by atoms with van der Waals surface area (Å²) in [6, 6.07) is 2.43. The summed E-state index contributed by atoms with van der Waals surface area (Å²) in [5, 5.41) is 3.38. The number of aromatic nitrogens is 2. The fourth-order valence-corrected chi connectivity index (χ4v) is 1.72. The minimum Gasteiger partial charge on any atom is -0.366 e. The molecule has 0 bridgehead atoms. The second-order valence-electron chi connectivity index (χ2n) is 4.45. The molecule has 1 unspecified atom stereocenters. The van der Waals surface area contributed by atoms with E-state index in [0.717, 1.165) is 30.9 Å². The quantitative estimate of drug-likeness (QED) is 0.796. The SMILES string of the molecule is CCCc1cc(NC(C)CN(C)C)ncn1. The van der Waals surface area contributed by atoms with Gasteiger partial charge >= 0.3 is 0 Å². The monoisotopic (exact) mass is 222 g/mol. The zero-order valence-electron chi connectivity index (χ0n) is 10.7.